The average Bonchev–Trinajstić information content (AvgIpc) is 2.78. The van der Waals surface area contributed by atoms with Crippen LogP contribution in [0.1, 0.15) is 32.6 Å². The van der Waals surface area contributed by atoms with Crippen LogP contribution in [-0.4, -0.2) is 36.6 Å². The molecule has 98 valence electrons. The fourth-order valence-corrected chi connectivity index (χ4v) is 2.19. The minimum Gasteiger partial charge on any atom is -0.481 e. The van der Waals surface area contributed by atoms with Gasteiger partial charge in [0.15, 0.2) is 0 Å². The van der Waals surface area contributed by atoms with Crippen LogP contribution < -0.4 is 10.6 Å². The van der Waals surface area contributed by atoms with Gasteiger partial charge in [0.05, 0.1) is 5.92 Å². The number of nitrogens with one attached hydrogen (secondary N) is 2. The predicted molar refractivity (Wildman–Crippen MR) is 64.6 cm³/mol. The molecule has 0 bridgehead atoms. The van der Waals surface area contributed by atoms with Gasteiger partial charge < -0.3 is 15.7 Å². The Morgan fingerprint density at radius 1 is 1.24 bits per heavy atom. The van der Waals surface area contributed by atoms with Crippen molar-refractivity contribution in [3.8, 4) is 0 Å². The van der Waals surface area contributed by atoms with Crippen molar-refractivity contribution >= 4 is 11.9 Å². The quantitative estimate of drug-likeness (QED) is 0.571. The number of hydrogen-bond donors (Lipinski definition) is 3. The van der Waals surface area contributed by atoms with Crippen LogP contribution in [0, 0.1) is 11.8 Å². The second-order valence-electron chi connectivity index (χ2n) is 4.54. The third-order valence-corrected chi connectivity index (χ3v) is 3.23. The first-order valence-corrected chi connectivity index (χ1v) is 6.36. The molecule has 3 N–H and O–H groups in total. The van der Waals surface area contributed by atoms with Crippen molar-refractivity contribution in [2.24, 2.45) is 11.8 Å². The lowest BCUT2D eigenvalue weighted by Crippen LogP contribution is -2.32. The van der Waals surface area contributed by atoms with E-state index in [-0.39, 0.29) is 17.7 Å². The summed E-state index contributed by atoms with van der Waals surface area (Å²) in [7, 11) is 0. The van der Waals surface area contributed by atoms with E-state index in [4.69, 9.17) is 5.11 Å². The Hall–Kier alpha value is -1.10. The van der Waals surface area contributed by atoms with Crippen molar-refractivity contribution in [3.63, 3.8) is 0 Å². The van der Waals surface area contributed by atoms with Crippen molar-refractivity contribution in [1.82, 2.24) is 10.6 Å². The summed E-state index contributed by atoms with van der Waals surface area (Å²) in [4.78, 5) is 22.5. The van der Waals surface area contributed by atoms with E-state index in [0.717, 1.165) is 19.5 Å². The van der Waals surface area contributed by atoms with Crippen molar-refractivity contribution < 1.29 is 14.7 Å². The molecule has 1 amide bonds. The molecule has 0 radical (unpaired) electrons. The summed E-state index contributed by atoms with van der Waals surface area (Å²) < 4.78 is 0. The number of carbonyl (C=O) groups excluding carboxylic acids is 1. The van der Waals surface area contributed by atoms with E-state index < -0.39 is 5.97 Å². The van der Waals surface area contributed by atoms with E-state index in [9.17, 15) is 9.59 Å². The second kappa shape index (κ2) is 7.27. The highest BCUT2D eigenvalue weighted by atomic mass is 16.4. The van der Waals surface area contributed by atoms with Gasteiger partial charge in [0.25, 0.3) is 0 Å². The molecule has 0 aromatic carbocycles. The van der Waals surface area contributed by atoms with Crippen molar-refractivity contribution in [2.45, 2.75) is 32.6 Å². The molecule has 2 unspecified atom stereocenters. The van der Waals surface area contributed by atoms with E-state index in [1.807, 2.05) is 6.92 Å². The Labute approximate surface area is 102 Å². The van der Waals surface area contributed by atoms with Gasteiger partial charge in [0.1, 0.15) is 0 Å². The fourth-order valence-electron chi connectivity index (χ4n) is 2.19. The van der Waals surface area contributed by atoms with Gasteiger partial charge in [-0.05, 0) is 38.8 Å². The zero-order valence-corrected chi connectivity index (χ0v) is 10.4. The number of carboxylic acids is 1. The number of rotatable bonds is 7. The number of amides is 1. The molecule has 1 rings (SSSR count). The highest BCUT2D eigenvalue weighted by molar-refractivity contribution is 5.80. The highest BCUT2D eigenvalue weighted by Gasteiger charge is 2.33. The maximum absolute atomic E-state index is 11.7. The van der Waals surface area contributed by atoms with Crippen molar-refractivity contribution in [3.05, 3.63) is 0 Å². The molecule has 17 heavy (non-hydrogen) atoms. The van der Waals surface area contributed by atoms with Crippen LogP contribution in [0.5, 0.6) is 0 Å². The van der Waals surface area contributed by atoms with Gasteiger partial charge in [-0.25, -0.2) is 0 Å². The summed E-state index contributed by atoms with van der Waals surface area (Å²) in [6, 6.07) is 0. The van der Waals surface area contributed by atoms with Gasteiger partial charge >= 0.3 is 5.97 Å². The summed E-state index contributed by atoms with van der Waals surface area (Å²) in [5.41, 5.74) is 0. The molecule has 0 spiro atoms. The molecule has 5 nitrogen and oxygen atoms in total. The Bertz CT molecular complexity index is 268. The van der Waals surface area contributed by atoms with E-state index >= 15 is 0 Å². The Kier molecular flexibility index (Phi) is 5.97. The Balaban J connectivity index is 2.14. The molecular formula is C12H22N2O3. The normalized spacial score (nSPS) is 23.6. The molecule has 0 aliphatic heterocycles. The van der Waals surface area contributed by atoms with Crippen LogP contribution in [0.2, 0.25) is 0 Å². The number of carbonyl (C=O) groups is 2. The summed E-state index contributed by atoms with van der Waals surface area (Å²) in [5.74, 6) is -1.18. The van der Waals surface area contributed by atoms with E-state index in [1.54, 1.807) is 0 Å². The smallest absolute Gasteiger partial charge is 0.306 e. The Morgan fingerprint density at radius 3 is 2.53 bits per heavy atom. The summed E-state index contributed by atoms with van der Waals surface area (Å²) >= 11 is 0. The van der Waals surface area contributed by atoms with Crippen LogP contribution in [0.15, 0.2) is 0 Å². The fraction of sp³-hybridized carbons (Fsp3) is 0.833. The molecule has 0 heterocycles. The average molecular weight is 242 g/mol. The third-order valence-electron chi connectivity index (χ3n) is 3.23. The molecule has 1 aliphatic rings. The van der Waals surface area contributed by atoms with Gasteiger partial charge in [-0.3, -0.25) is 9.59 Å². The maximum atomic E-state index is 11.7. The van der Waals surface area contributed by atoms with Crippen LogP contribution in [0.4, 0.5) is 0 Å². The lowest BCUT2D eigenvalue weighted by Gasteiger charge is -2.10. The topological polar surface area (TPSA) is 78.4 Å². The first-order valence-electron chi connectivity index (χ1n) is 6.36. The monoisotopic (exact) mass is 242 g/mol. The summed E-state index contributed by atoms with van der Waals surface area (Å²) in [5, 5.41) is 14.9. The van der Waals surface area contributed by atoms with Crippen LogP contribution in [0.3, 0.4) is 0 Å². The molecule has 0 saturated heterocycles. The number of hydrogen-bond acceptors (Lipinski definition) is 3. The lowest BCUT2D eigenvalue weighted by atomic mass is 10.0. The zero-order chi connectivity index (χ0) is 12.7. The minimum atomic E-state index is -0.771. The first kappa shape index (κ1) is 14.0. The molecule has 1 saturated carbocycles. The SMILES string of the molecule is CCNCCCNC(=O)C1CCC(C(=O)O)C1. The molecule has 1 aliphatic carbocycles. The number of carboxylic acid groups (broad SMARTS) is 1. The van der Waals surface area contributed by atoms with Gasteiger partial charge in [-0.1, -0.05) is 6.92 Å². The standard InChI is InChI=1S/C12H22N2O3/c1-2-13-6-3-7-14-11(15)9-4-5-10(8-9)12(16)17/h9-10,13H,2-8H2,1H3,(H,14,15)(H,16,17). The molecule has 2 atom stereocenters. The van der Waals surface area contributed by atoms with E-state index in [2.05, 4.69) is 10.6 Å². The van der Waals surface area contributed by atoms with Gasteiger partial charge in [-0.15, -0.1) is 0 Å². The summed E-state index contributed by atoms with van der Waals surface area (Å²) in [6.45, 7) is 4.55. The van der Waals surface area contributed by atoms with Gasteiger partial charge in [0.2, 0.25) is 5.91 Å². The first-order chi connectivity index (χ1) is 8.15. The van der Waals surface area contributed by atoms with Crippen molar-refractivity contribution in [1.29, 1.82) is 0 Å². The van der Waals surface area contributed by atoms with Crippen LogP contribution in [-0.2, 0) is 9.59 Å². The largest absolute Gasteiger partial charge is 0.481 e. The highest BCUT2D eigenvalue weighted by Crippen LogP contribution is 2.30. The summed E-state index contributed by atoms with van der Waals surface area (Å²) in [6.07, 6.45) is 2.74. The van der Waals surface area contributed by atoms with Crippen molar-refractivity contribution in [2.75, 3.05) is 19.6 Å². The molecule has 1 fully saturated rings. The lowest BCUT2D eigenvalue weighted by molar-refractivity contribution is -0.141. The molecule has 0 aromatic rings. The van der Waals surface area contributed by atoms with Gasteiger partial charge in [-0.2, -0.15) is 0 Å². The molecule has 0 aromatic heterocycles. The molecular weight excluding hydrogens is 220 g/mol. The third kappa shape index (κ3) is 4.73. The molecule has 5 heteroatoms. The van der Waals surface area contributed by atoms with E-state index in [1.165, 1.54) is 0 Å². The maximum Gasteiger partial charge on any atom is 0.306 e. The van der Waals surface area contributed by atoms with Gasteiger partial charge in [0, 0.05) is 12.5 Å². The van der Waals surface area contributed by atoms with Crippen LogP contribution in [0.25, 0.3) is 0 Å². The van der Waals surface area contributed by atoms with E-state index in [0.29, 0.717) is 25.8 Å². The number of aliphatic carboxylic acids is 1. The second-order valence-corrected chi connectivity index (χ2v) is 4.54. The predicted octanol–water partition coefficient (Wildman–Crippen LogP) is 0.603. The zero-order valence-electron chi connectivity index (χ0n) is 10.4. The van der Waals surface area contributed by atoms with Crippen LogP contribution >= 0.6 is 0 Å². The Morgan fingerprint density at radius 2 is 1.94 bits per heavy atom. The minimum absolute atomic E-state index is 0.0187.